The molecule has 0 aliphatic rings. The highest BCUT2D eigenvalue weighted by atomic mass is 35.5. The molecule has 0 bridgehead atoms. The number of aliphatic hydroxyl groups is 1. The van der Waals surface area contributed by atoms with Crippen LogP contribution < -0.4 is 10.9 Å². The van der Waals surface area contributed by atoms with Crippen LogP contribution in [0.25, 0.3) is 32.9 Å². The van der Waals surface area contributed by atoms with Crippen LogP contribution in [0.4, 0.5) is 11.5 Å². The van der Waals surface area contributed by atoms with Gasteiger partial charge in [-0.2, -0.15) is 5.10 Å². The number of H-pyrrole nitrogens is 2. The Kier molecular flexibility index (Phi) is 5.12. The lowest BCUT2D eigenvalue weighted by Gasteiger charge is -2.19. The largest absolute Gasteiger partial charge is 0.386 e. The van der Waals surface area contributed by atoms with E-state index < -0.39 is 5.60 Å². The molecule has 33 heavy (non-hydrogen) atoms. The van der Waals surface area contributed by atoms with Gasteiger partial charge in [0.1, 0.15) is 5.82 Å². The number of pyridine rings is 2. The summed E-state index contributed by atoms with van der Waals surface area (Å²) in [7, 11) is 0. The summed E-state index contributed by atoms with van der Waals surface area (Å²) in [5, 5.41) is 23.0. The van der Waals surface area contributed by atoms with Crippen molar-refractivity contribution in [2.45, 2.75) is 19.4 Å². The molecule has 0 amide bonds. The molecule has 166 valence electrons. The molecule has 9 heteroatoms. The molecule has 0 spiro atoms. The first-order valence-corrected chi connectivity index (χ1v) is 10.9. The molecular formula is C24H19Cl2N5O2. The summed E-state index contributed by atoms with van der Waals surface area (Å²) in [4.78, 5) is 20.3. The van der Waals surface area contributed by atoms with Gasteiger partial charge in [-0.3, -0.25) is 9.89 Å². The van der Waals surface area contributed by atoms with Crippen molar-refractivity contribution >= 4 is 56.4 Å². The average Bonchev–Trinajstić information content (AvgIpc) is 3.30. The number of fused-ring (bicyclic) bond motifs is 3. The van der Waals surface area contributed by atoms with Crippen LogP contribution in [-0.2, 0) is 5.60 Å². The number of aromatic amines is 2. The molecule has 3 aromatic heterocycles. The monoisotopic (exact) mass is 479 g/mol. The maximum Gasteiger partial charge on any atom is 0.256 e. The average molecular weight is 480 g/mol. The Balaban J connectivity index is 1.69. The number of halogens is 2. The number of rotatable bonds is 4. The first kappa shape index (κ1) is 21.5. The Morgan fingerprint density at radius 2 is 1.79 bits per heavy atom. The van der Waals surface area contributed by atoms with Crippen molar-refractivity contribution in [1.29, 1.82) is 0 Å². The minimum Gasteiger partial charge on any atom is -0.386 e. The Morgan fingerprint density at radius 1 is 1.03 bits per heavy atom. The summed E-state index contributed by atoms with van der Waals surface area (Å²) < 4.78 is 0. The molecule has 0 saturated carbocycles. The van der Waals surface area contributed by atoms with E-state index in [1.54, 1.807) is 62.6 Å². The normalized spacial score (nSPS) is 11.9. The first-order chi connectivity index (χ1) is 15.7. The lowest BCUT2D eigenvalue weighted by atomic mass is 9.95. The minimum atomic E-state index is -1.06. The van der Waals surface area contributed by atoms with E-state index in [1.165, 1.54) is 0 Å². The van der Waals surface area contributed by atoms with Crippen LogP contribution in [0, 0.1) is 0 Å². The topological polar surface area (TPSA) is 107 Å². The van der Waals surface area contributed by atoms with Crippen molar-refractivity contribution < 1.29 is 5.11 Å². The predicted octanol–water partition coefficient (Wildman–Crippen LogP) is 5.74. The van der Waals surface area contributed by atoms with Gasteiger partial charge in [-0.15, -0.1) is 0 Å². The highest BCUT2D eigenvalue weighted by Crippen LogP contribution is 2.39. The summed E-state index contributed by atoms with van der Waals surface area (Å²) in [6.07, 6.45) is 3.21. The van der Waals surface area contributed by atoms with Crippen molar-refractivity contribution in [3.05, 3.63) is 80.8 Å². The number of nitrogens with one attached hydrogen (secondary N) is 3. The van der Waals surface area contributed by atoms with Gasteiger partial charge in [0.05, 0.1) is 37.9 Å². The lowest BCUT2D eigenvalue weighted by Crippen LogP contribution is -2.15. The van der Waals surface area contributed by atoms with Gasteiger partial charge in [-0.25, -0.2) is 4.98 Å². The van der Waals surface area contributed by atoms with Crippen molar-refractivity contribution in [1.82, 2.24) is 20.2 Å². The van der Waals surface area contributed by atoms with Crippen LogP contribution in [-0.4, -0.2) is 25.3 Å². The van der Waals surface area contributed by atoms with Gasteiger partial charge in [0.25, 0.3) is 5.56 Å². The van der Waals surface area contributed by atoms with E-state index in [-0.39, 0.29) is 5.56 Å². The molecule has 0 aliphatic heterocycles. The van der Waals surface area contributed by atoms with Crippen LogP contribution in [0.15, 0.2) is 59.7 Å². The summed E-state index contributed by atoms with van der Waals surface area (Å²) in [6, 6.07) is 12.5. The zero-order valence-electron chi connectivity index (χ0n) is 17.7. The highest BCUT2D eigenvalue weighted by molar-refractivity contribution is 6.39. The standard InChI is InChI=1S/C24H19Cl2N5O2/c1-24(2,33)13-3-4-19-15(11-13)20-14(5-7-27-23(20)32)22(29-19)30-21-16(25)9-12(10-17(21)26)18-6-8-28-31-18/h3-11,33H,1-2H3,(H,27,32)(H,28,31)(H,29,30). The lowest BCUT2D eigenvalue weighted by molar-refractivity contribution is 0.0787. The Bertz CT molecular complexity index is 1550. The molecule has 0 aliphatic carbocycles. The SMILES string of the molecule is CC(C)(O)c1ccc2nc(Nc3c(Cl)cc(-c4ccn[nH]4)cc3Cl)c3cc[nH]c(=O)c3c2c1. The number of anilines is 2. The third-order valence-corrected chi connectivity index (χ3v) is 6.11. The number of aromatic nitrogens is 4. The van der Waals surface area contributed by atoms with Crippen LogP contribution in [0.5, 0.6) is 0 Å². The Labute approximate surface area is 198 Å². The fraction of sp³-hybridized carbons (Fsp3) is 0.125. The predicted molar refractivity (Wildman–Crippen MR) is 132 cm³/mol. The quantitative estimate of drug-likeness (QED) is 0.245. The number of benzene rings is 2. The van der Waals surface area contributed by atoms with Gasteiger partial charge in [0, 0.05) is 28.7 Å². The Morgan fingerprint density at radius 3 is 2.45 bits per heavy atom. The highest BCUT2D eigenvalue weighted by Gasteiger charge is 2.20. The van der Waals surface area contributed by atoms with Crippen LogP contribution in [0.2, 0.25) is 10.0 Å². The van der Waals surface area contributed by atoms with Gasteiger partial charge < -0.3 is 15.4 Å². The van der Waals surface area contributed by atoms with E-state index in [0.29, 0.717) is 48.8 Å². The number of nitrogens with zero attached hydrogens (tertiary/aromatic N) is 2. The number of hydrogen-bond donors (Lipinski definition) is 4. The van der Waals surface area contributed by atoms with Crippen molar-refractivity contribution in [2.75, 3.05) is 5.32 Å². The van der Waals surface area contributed by atoms with Crippen LogP contribution >= 0.6 is 23.2 Å². The summed E-state index contributed by atoms with van der Waals surface area (Å²) in [5.41, 5.74) is 2.01. The Hall–Kier alpha value is -3.39. The third-order valence-electron chi connectivity index (χ3n) is 5.52. The third kappa shape index (κ3) is 3.84. The van der Waals surface area contributed by atoms with E-state index in [1.807, 2.05) is 6.07 Å². The van der Waals surface area contributed by atoms with Gasteiger partial charge >= 0.3 is 0 Å². The van der Waals surface area contributed by atoms with E-state index in [2.05, 4.69) is 20.5 Å². The van der Waals surface area contributed by atoms with E-state index in [9.17, 15) is 9.90 Å². The second-order valence-corrected chi connectivity index (χ2v) is 9.07. The molecule has 2 aromatic carbocycles. The van der Waals surface area contributed by atoms with E-state index in [4.69, 9.17) is 28.2 Å². The maximum absolute atomic E-state index is 12.8. The second-order valence-electron chi connectivity index (χ2n) is 8.26. The van der Waals surface area contributed by atoms with E-state index in [0.717, 1.165) is 11.3 Å². The molecule has 0 atom stereocenters. The molecule has 7 nitrogen and oxygen atoms in total. The fourth-order valence-electron chi connectivity index (χ4n) is 3.82. The summed E-state index contributed by atoms with van der Waals surface area (Å²) in [5.74, 6) is 0.442. The zero-order valence-corrected chi connectivity index (χ0v) is 19.2. The van der Waals surface area contributed by atoms with Crippen LogP contribution in [0.3, 0.4) is 0 Å². The molecule has 5 rings (SSSR count). The molecule has 3 heterocycles. The van der Waals surface area contributed by atoms with Crippen LogP contribution in [0.1, 0.15) is 19.4 Å². The summed E-state index contributed by atoms with van der Waals surface area (Å²) in [6.45, 7) is 3.39. The second kappa shape index (κ2) is 7.88. The molecular weight excluding hydrogens is 461 g/mol. The fourth-order valence-corrected chi connectivity index (χ4v) is 4.40. The van der Waals surface area contributed by atoms with Gasteiger partial charge in [0.2, 0.25) is 0 Å². The molecule has 0 fully saturated rings. The molecule has 0 radical (unpaired) electrons. The summed E-state index contributed by atoms with van der Waals surface area (Å²) >= 11 is 13.1. The number of hydrogen-bond acceptors (Lipinski definition) is 5. The van der Waals surface area contributed by atoms with Crippen molar-refractivity contribution in [3.63, 3.8) is 0 Å². The zero-order chi connectivity index (χ0) is 23.3. The van der Waals surface area contributed by atoms with E-state index >= 15 is 0 Å². The molecule has 0 saturated heterocycles. The van der Waals surface area contributed by atoms with Gasteiger partial charge in [-0.05, 0) is 55.8 Å². The minimum absolute atomic E-state index is 0.261. The molecule has 4 N–H and O–H groups in total. The van der Waals surface area contributed by atoms with Crippen molar-refractivity contribution in [2.24, 2.45) is 0 Å². The van der Waals surface area contributed by atoms with Crippen molar-refractivity contribution in [3.8, 4) is 11.3 Å². The van der Waals surface area contributed by atoms with Gasteiger partial charge in [0.15, 0.2) is 0 Å². The van der Waals surface area contributed by atoms with Gasteiger partial charge in [-0.1, -0.05) is 29.3 Å². The molecule has 0 unspecified atom stereocenters. The smallest absolute Gasteiger partial charge is 0.256 e. The molecule has 5 aromatic rings. The maximum atomic E-state index is 12.8. The first-order valence-electron chi connectivity index (χ1n) is 10.2.